The quantitative estimate of drug-likeness (QED) is 0.365. The highest BCUT2D eigenvalue weighted by molar-refractivity contribution is 4.10. The van der Waals surface area contributed by atoms with E-state index >= 15 is 0 Å². The summed E-state index contributed by atoms with van der Waals surface area (Å²) in [6, 6.07) is 0. The minimum Gasteiger partial charge on any atom is 0.138 e. The maximum absolute atomic E-state index is 4.25. The maximum Gasteiger partial charge on any atom is 0.198 e. The maximum atomic E-state index is 4.25. The molecule has 0 radical (unpaired) electrons. The van der Waals surface area contributed by atoms with Gasteiger partial charge < -0.3 is 0 Å². The Morgan fingerprint density at radius 2 is 0.750 bits per heavy atom. The molecular weight excluding hydrogens is 48.0 g/mol. The first-order valence-electron chi connectivity index (χ1n) is 0.816. The Hall–Kier alpha value is -0.700. The van der Waals surface area contributed by atoms with Crippen molar-refractivity contribution in [3.8, 4) is 0 Å². The van der Waals surface area contributed by atoms with E-state index in [-0.39, 0.29) is 0 Å². The van der Waals surface area contributed by atoms with Crippen LogP contribution in [-0.2, 0) is 0 Å². The van der Waals surface area contributed by atoms with Crippen LogP contribution >= 0.6 is 0 Å². The second kappa shape index (κ2) is 7.93. The fourth-order valence-electron chi connectivity index (χ4n) is 0. The van der Waals surface area contributed by atoms with E-state index in [2.05, 4.69) is 26.3 Å². The molecule has 0 fully saturated rings. The molecule has 4 heavy (non-hydrogen) atoms. The Kier molecular flexibility index (Phi) is 20.5. The predicted octanol–water partition coefficient (Wildman–Crippen LogP) is 1.21. The predicted molar refractivity (Wildman–Crippen MR) is 19.9 cm³/mol. The molecule has 0 bridgehead atoms. The van der Waals surface area contributed by atoms with E-state index in [1.807, 2.05) is 0 Å². The van der Waals surface area contributed by atoms with Gasteiger partial charge in [-0.25, -0.2) is 0 Å². The third-order valence-corrected chi connectivity index (χ3v) is 0. The summed E-state index contributed by atoms with van der Waals surface area (Å²) in [5.74, 6) is 0. The van der Waals surface area contributed by atoms with Gasteiger partial charge in [0, 0.05) is 0 Å². The van der Waals surface area contributed by atoms with E-state index < -0.39 is 0 Å². The van der Waals surface area contributed by atoms with E-state index in [9.17, 15) is 0 Å². The monoisotopic (exact) mass is 54.0 g/mol. The summed E-state index contributed by atoms with van der Waals surface area (Å²) in [5, 5.41) is 0. The van der Waals surface area contributed by atoms with Gasteiger partial charge >= 0.3 is 0 Å². The minimum atomic E-state index is 2.75. The number of hydrogen-bond acceptors (Lipinski definition) is 0. The van der Waals surface area contributed by atoms with Gasteiger partial charge in [-0.1, -0.05) is 0 Å². The molecule has 0 nitrogen and oxygen atoms in total. The molecule has 0 aliphatic heterocycles. The summed E-state index contributed by atoms with van der Waals surface area (Å²) in [6.07, 6.45) is 0. The van der Waals surface area contributed by atoms with Crippen LogP contribution in [0, 0.1) is 13.2 Å². The summed E-state index contributed by atoms with van der Waals surface area (Å²) in [4.78, 5) is 0. The highest BCUT2D eigenvalue weighted by Gasteiger charge is 0.878. The normalized spacial score (nSPS) is 1.50. The van der Waals surface area contributed by atoms with Crippen LogP contribution in [0.5, 0.6) is 0 Å². The molecule has 0 heteroatoms. The van der Waals surface area contributed by atoms with Gasteiger partial charge in [-0.05, 0) is 0 Å². The molecule has 0 atom stereocenters. The zero-order chi connectivity index (χ0) is 4.00. The van der Waals surface area contributed by atoms with Crippen LogP contribution in [0.4, 0.5) is 0 Å². The SMILES string of the molecule is [CH+]=C.[CH+]=C. The molecule has 0 saturated carbocycles. The number of rotatable bonds is 0. The smallest absolute Gasteiger partial charge is 0.138 e. The highest BCUT2D eigenvalue weighted by Crippen LogP contribution is 0.828. The van der Waals surface area contributed by atoms with Gasteiger partial charge in [0.1, 0.15) is 13.2 Å². The lowest BCUT2D eigenvalue weighted by Gasteiger charge is -0.540. The largest absolute Gasteiger partial charge is 0.198 e. The topological polar surface area (TPSA) is 0 Å². The Labute approximate surface area is 27.5 Å². The molecule has 0 aromatic rings. The van der Waals surface area contributed by atoms with Gasteiger partial charge in [-0.2, -0.15) is 0 Å². The van der Waals surface area contributed by atoms with Crippen LogP contribution < -0.4 is 0 Å². The molecule has 0 amide bonds. The van der Waals surface area contributed by atoms with Gasteiger partial charge in [-0.3, -0.25) is 0 Å². The lowest BCUT2D eigenvalue weighted by Crippen LogP contribution is -0.590. The summed E-state index contributed by atoms with van der Waals surface area (Å²) < 4.78 is 0. The molecule has 0 rings (SSSR count). The van der Waals surface area contributed by atoms with E-state index in [0.717, 1.165) is 0 Å². The van der Waals surface area contributed by atoms with Crippen LogP contribution in [0.2, 0.25) is 0 Å². The van der Waals surface area contributed by atoms with Crippen molar-refractivity contribution in [2.45, 2.75) is 0 Å². The van der Waals surface area contributed by atoms with Gasteiger partial charge in [0.2, 0.25) is 0 Å². The third kappa shape index (κ3) is 0.239. The average molecular weight is 54.1 g/mol. The van der Waals surface area contributed by atoms with Crippen molar-refractivity contribution in [3.05, 3.63) is 26.3 Å². The summed E-state index contributed by atoms with van der Waals surface area (Å²) in [6.45, 7) is 14.0. The molecule has 0 unspecified atom stereocenters. The number of hydrogen-bond donors (Lipinski definition) is 0. The van der Waals surface area contributed by atoms with Crippen LogP contribution in [-0.4, -0.2) is 0 Å². The van der Waals surface area contributed by atoms with Crippen LogP contribution in [0.1, 0.15) is 0 Å². The zero-order valence-electron chi connectivity index (χ0n) is 2.57. The lowest BCUT2D eigenvalue weighted by atomic mass is 11.3. The molecule has 0 aliphatic carbocycles. The first kappa shape index (κ1) is 10.3. The van der Waals surface area contributed by atoms with Gasteiger partial charge in [0.25, 0.3) is 0 Å². The summed E-state index contributed by atoms with van der Waals surface area (Å²) in [5.41, 5.74) is 0. The first-order chi connectivity index (χ1) is 2.00. The van der Waals surface area contributed by atoms with Crippen LogP contribution in [0.3, 0.4) is 0 Å². The van der Waals surface area contributed by atoms with Crippen molar-refractivity contribution in [2.75, 3.05) is 0 Å². The van der Waals surface area contributed by atoms with Gasteiger partial charge in [-0.15, -0.1) is 0 Å². The fourth-order valence-corrected chi connectivity index (χ4v) is 0. The molecule has 0 aromatic carbocycles. The van der Waals surface area contributed by atoms with Crippen molar-refractivity contribution < 1.29 is 0 Å². The van der Waals surface area contributed by atoms with Gasteiger partial charge in [0.15, 0.2) is 13.2 Å². The second-order valence-corrected chi connectivity index (χ2v) is 0. The van der Waals surface area contributed by atoms with Gasteiger partial charge in [0.05, 0.1) is 0 Å². The standard InChI is InChI=1S/2C2H3/c2*1-2/h2*1H,2H2/q2*+1. The minimum absolute atomic E-state index is 2.75. The molecule has 0 aromatic heterocycles. The fraction of sp³-hybridized carbons (Fsp3) is 0. The third-order valence-electron chi connectivity index (χ3n) is 0. The highest BCUT2D eigenvalue weighted by atomic mass is 12.7. The van der Waals surface area contributed by atoms with Crippen LogP contribution in [0.15, 0.2) is 13.2 Å². The summed E-state index contributed by atoms with van der Waals surface area (Å²) in [7, 11) is 0. The average Bonchev–Trinajstić information content (AvgIpc) is 1.50. The lowest BCUT2D eigenvalue weighted by molar-refractivity contribution is 2.66. The Morgan fingerprint density at radius 3 is 0.750 bits per heavy atom. The van der Waals surface area contributed by atoms with Crippen molar-refractivity contribution in [3.63, 3.8) is 0 Å². The van der Waals surface area contributed by atoms with E-state index in [4.69, 9.17) is 0 Å². The molecular formula is C4H6+2. The summed E-state index contributed by atoms with van der Waals surface area (Å²) >= 11 is 0. The molecule has 0 saturated heterocycles. The van der Waals surface area contributed by atoms with E-state index in [1.54, 1.807) is 0 Å². The van der Waals surface area contributed by atoms with Crippen molar-refractivity contribution in [1.29, 1.82) is 0 Å². The molecule has 20 valence electrons. The van der Waals surface area contributed by atoms with E-state index in [0.29, 0.717) is 0 Å². The zero-order valence-corrected chi connectivity index (χ0v) is 2.57. The van der Waals surface area contributed by atoms with Crippen molar-refractivity contribution in [1.82, 2.24) is 0 Å². The molecule has 0 spiro atoms. The molecule has 0 N–H and O–H groups in total. The van der Waals surface area contributed by atoms with Crippen molar-refractivity contribution >= 4 is 0 Å². The Morgan fingerprint density at radius 1 is 0.750 bits per heavy atom. The Balaban J connectivity index is 0. The molecule has 0 aliphatic rings. The van der Waals surface area contributed by atoms with E-state index in [1.165, 1.54) is 0 Å². The second-order valence-electron chi connectivity index (χ2n) is 0. The van der Waals surface area contributed by atoms with Crippen molar-refractivity contribution in [2.24, 2.45) is 0 Å². The molecule has 0 heterocycles. The first-order valence-corrected chi connectivity index (χ1v) is 0.816. The van der Waals surface area contributed by atoms with Crippen LogP contribution in [0.25, 0.3) is 0 Å². The Bertz CT molecular complexity index is 2.00.